The summed E-state index contributed by atoms with van der Waals surface area (Å²) in [6, 6.07) is 0. The second-order valence-corrected chi connectivity index (χ2v) is 6.68. The number of nitrogens with zero attached hydrogens (tertiary/aromatic N) is 2. The Morgan fingerprint density at radius 1 is 1.30 bits per heavy atom. The van der Waals surface area contributed by atoms with Gasteiger partial charge in [-0.15, -0.1) is 0 Å². The second kappa shape index (κ2) is 10.8. The Balaban J connectivity index is 1.47. The van der Waals surface area contributed by atoms with Gasteiger partial charge >= 0.3 is 0 Å². The maximum atomic E-state index is 5.76. The average Bonchev–Trinajstić information content (AvgIpc) is 3.06. The SMILES string of the molecule is CN=C(NCCCOC1CCOC1)NCCN1CCCC(C)C1. The van der Waals surface area contributed by atoms with E-state index in [1.807, 2.05) is 7.05 Å². The van der Waals surface area contributed by atoms with E-state index >= 15 is 0 Å². The first-order valence-electron chi connectivity index (χ1n) is 9.14. The smallest absolute Gasteiger partial charge is 0.191 e. The Hall–Kier alpha value is -0.850. The van der Waals surface area contributed by atoms with Gasteiger partial charge in [-0.2, -0.15) is 0 Å². The third kappa shape index (κ3) is 7.50. The van der Waals surface area contributed by atoms with Crippen molar-refractivity contribution in [3.05, 3.63) is 0 Å². The first kappa shape index (κ1) is 18.5. The number of ether oxygens (including phenoxy) is 2. The molecule has 2 saturated heterocycles. The summed E-state index contributed by atoms with van der Waals surface area (Å²) >= 11 is 0. The lowest BCUT2D eigenvalue weighted by molar-refractivity contribution is 0.0420. The molecule has 0 radical (unpaired) electrons. The molecule has 0 aromatic carbocycles. The summed E-state index contributed by atoms with van der Waals surface area (Å²) < 4.78 is 11.1. The molecule has 23 heavy (non-hydrogen) atoms. The van der Waals surface area contributed by atoms with Crippen LogP contribution in [0.1, 0.15) is 32.6 Å². The molecule has 134 valence electrons. The third-order valence-corrected chi connectivity index (χ3v) is 4.54. The summed E-state index contributed by atoms with van der Waals surface area (Å²) in [5.74, 6) is 1.73. The van der Waals surface area contributed by atoms with Crippen molar-refractivity contribution >= 4 is 5.96 Å². The van der Waals surface area contributed by atoms with E-state index in [2.05, 4.69) is 27.4 Å². The quantitative estimate of drug-likeness (QED) is 0.397. The molecule has 6 heteroatoms. The number of aliphatic imine (C=N–C) groups is 1. The molecule has 2 rings (SSSR count). The van der Waals surface area contributed by atoms with Crippen LogP contribution in [0.5, 0.6) is 0 Å². The highest BCUT2D eigenvalue weighted by Gasteiger charge is 2.16. The number of hydrogen-bond donors (Lipinski definition) is 2. The van der Waals surface area contributed by atoms with Gasteiger partial charge in [-0.3, -0.25) is 4.99 Å². The minimum Gasteiger partial charge on any atom is -0.379 e. The van der Waals surface area contributed by atoms with Gasteiger partial charge in [0.25, 0.3) is 0 Å². The minimum absolute atomic E-state index is 0.305. The lowest BCUT2D eigenvalue weighted by Crippen LogP contribution is -2.44. The highest BCUT2D eigenvalue weighted by molar-refractivity contribution is 5.79. The van der Waals surface area contributed by atoms with Crippen LogP contribution in [0.4, 0.5) is 0 Å². The fourth-order valence-electron chi connectivity index (χ4n) is 3.22. The van der Waals surface area contributed by atoms with E-state index < -0.39 is 0 Å². The Morgan fingerprint density at radius 3 is 2.91 bits per heavy atom. The molecule has 6 nitrogen and oxygen atoms in total. The highest BCUT2D eigenvalue weighted by Crippen LogP contribution is 2.14. The molecule has 0 aromatic heterocycles. The van der Waals surface area contributed by atoms with Gasteiger partial charge in [0, 0.05) is 46.4 Å². The summed E-state index contributed by atoms with van der Waals surface area (Å²) in [6.45, 7) is 10.1. The zero-order valence-corrected chi connectivity index (χ0v) is 14.9. The van der Waals surface area contributed by atoms with Crippen molar-refractivity contribution in [1.82, 2.24) is 15.5 Å². The van der Waals surface area contributed by atoms with E-state index in [1.165, 1.54) is 25.9 Å². The van der Waals surface area contributed by atoms with Gasteiger partial charge in [0.2, 0.25) is 0 Å². The number of piperidine rings is 1. The lowest BCUT2D eigenvalue weighted by Gasteiger charge is -2.30. The maximum absolute atomic E-state index is 5.76. The van der Waals surface area contributed by atoms with E-state index in [-0.39, 0.29) is 0 Å². The molecule has 2 fully saturated rings. The third-order valence-electron chi connectivity index (χ3n) is 4.54. The molecule has 2 unspecified atom stereocenters. The van der Waals surface area contributed by atoms with Crippen molar-refractivity contribution in [2.75, 3.05) is 59.6 Å². The molecule has 0 amide bonds. The summed E-state index contributed by atoms with van der Waals surface area (Å²) in [6.07, 6.45) is 5.04. The largest absolute Gasteiger partial charge is 0.379 e. The van der Waals surface area contributed by atoms with Crippen molar-refractivity contribution in [3.63, 3.8) is 0 Å². The van der Waals surface area contributed by atoms with Crippen LogP contribution in [0.3, 0.4) is 0 Å². The standard InChI is InChI=1S/C17H34N4O2/c1-15-5-3-9-21(13-15)10-8-20-17(18-2)19-7-4-11-23-16-6-12-22-14-16/h15-16H,3-14H2,1-2H3,(H2,18,19,20). The van der Waals surface area contributed by atoms with E-state index in [0.717, 1.165) is 64.2 Å². The highest BCUT2D eigenvalue weighted by atomic mass is 16.5. The zero-order valence-electron chi connectivity index (χ0n) is 14.9. The van der Waals surface area contributed by atoms with Gasteiger partial charge in [0.15, 0.2) is 5.96 Å². The van der Waals surface area contributed by atoms with Crippen LogP contribution in [0.25, 0.3) is 0 Å². The molecule has 2 heterocycles. The van der Waals surface area contributed by atoms with Crippen molar-refractivity contribution in [1.29, 1.82) is 0 Å². The van der Waals surface area contributed by atoms with Crippen LogP contribution in [0.2, 0.25) is 0 Å². The van der Waals surface area contributed by atoms with Gasteiger partial charge < -0.3 is 25.0 Å². The van der Waals surface area contributed by atoms with E-state index in [9.17, 15) is 0 Å². The number of rotatable bonds is 8. The van der Waals surface area contributed by atoms with Gasteiger partial charge in [-0.1, -0.05) is 6.92 Å². The lowest BCUT2D eigenvalue weighted by atomic mass is 10.0. The van der Waals surface area contributed by atoms with Gasteiger partial charge in [-0.05, 0) is 38.1 Å². The molecule has 2 atom stereocenters. The van der Waals surface area contributed by atoms with E-state index in [4.69, 9.17) is 9.47 Å². The van der Waals surface area contributed by atoms with Crippen molar-refractivity contribution < 1.29 is 9.47 Å². The minimum atomic E-state index is 0.305. The Bertz CT molecular complexity index is 345. The summed E-state index contributed by atoms with van der Waals surface area (Å²) in [5, 5.41) is 6.75. The fraction of sp³-hybridized carbons (Fsp3) is 0.941. The van der Waals surface area contributed by atoms with Crippen LogP contribution < -0.4 is 10.6 Å². The van der Waals surface area contributed by atoms with Gasteiger partial charge in [0.05, 0.1) is 12.7 Å². The Kier molecular flexibility index (Phi) is 8.71. The predicted molar refractivity (Wildman–Crippen MR) is 94.0 cm³/mol. The van der Waals surface area contributed by atoms with Crippen molar-refractivity contribution in [3.8, 4) is 0 Å². The maximum Gasteiger partial charge on any atom is 0.191 e. The van der Waals surface area contributed by atoms with Gasteiger partial charge in [-0.25, -0.2) is 0 Å². The second-order valence-electron chi connectivity index (χ2n) is 6.68. The molecule has 2 aliphatic heterocycles. The molecule has 0 aliphatic carbocycles. The summed E-state index contributed by atoms with van der Waals surface area (Å²) in [5.41, 5.74) is 0. The van der Waals surface area contributed by atoms with Crippen LogP contribution in [0, 0.1) is 5.92 Å². The molecule has 2 N–H and O–H groups in total. The normalized spacial score (nSPS) is 26.4. The Morgan fingerprint density at radius 2 is 2.17 bits per heavy atom. The predicted octanol–water partition coefficient (Wildman–Crippen LogP) is 1.08. The van der Waals surface area contributed by atoms with Crippen LogP contribution in [-0.4, -0.2) is 76.6 Å². The van der Waals surface area contributed by atoms with E-state index in [1.54, 1.807) is 0 Å². The molecule has 0 spiro atoms. The number of likely N-dealkylation sites (tertiary alicyclic amines) is 1. The zero-order chi connectivity index (χ0) is 16.3. The van der Waals surface area contributed by atoms with E-state index in [0.29, 0.717) is 6.10 Å². The molecular weight excluding hydrogens is 292 g/mol. The number of hydrogen-bond acceptors (Lipinski definition) is 4. The van der Waals surface area contributed by atoms with Crippen molar-refractivity contribution in [2.45, 2.75) is 38.7 Å². The first-order chi connectivity index (χ1) is 11.3. The Labute approximate surface area is 141 Å². The summed E-state index contributed by atoms with van der Waals surface area (Å²) in [7, 11) is 1.82. The molecule has 0 saturated carbocycles. The molecular formula is C17H34N4O2. The number of nitrogens with one attached hydrogen (secondary N) is 2. The molecule has 2 aliphatic rings. The number of guanidine groups is 1. The topological polar surface area (TPSA) is 58.1 Å². The fourth-order valence-corrected chi connectivity index (χ4v) is 3.22. The molecule has 0 aromatic rings. The first-order valence-corrected chi connectivity index (χ1v) is 9.14. The van der Waals surface area contributed by atoms with Crippen LogP contribution in [0.15, 0.2) is 4.99 Å². The van der Waals surface area contributed by atoms with Crippen LogP contribution in [-0.2, 0) is 9.47 Å². The van der Waals surface area contributed by atoms with Gasteiger partial charge in [0.1, 0.15) is 0 Å². The van der Waals surface area contributed by atoms with Crippen molar-refractivity contribution in [2.24, 2.45) is 10.9 Å². The average molecular weight is 326 g/mol. The summed E-state index contributed by atoms with van der Waals surface area (Å²) in [4.78, 5) is 6.82. The monoisotopic (exact) mass is 326 g/mol. The van der Waals surface area contributed by atoms with Crippen LogP contribution >= 0.6 is 0 Å². The molecule has 0 bridgehead atoms.